The van der Waals surface area contributed by atoms with Crippen LogP contribution in [0.5, 0.6) is 0 Å². The molecule has 0 atom stereocenters. The molecule has 0 N–H and O–H groups in total. The van der Waals surface area contributed by atoms with Crippen molar-refractivity contribution in [3.63, 3.8) is 0 Å². The van der Waals surface area contributed by atoms with E-state index in [1.54, 1.807) is 0 Å². The lowest BCUT2D eigenvalue weighted by Gasteiger charge is -2.27. The Labute approximate surface area is 287 Å². The highest BCUT2D eigenvalue weighted by atomic mass is 32.1. The Morgan fingerprint density at radius 2 is 1.00 bits per heavy atom. The van der Waals surface area contributed by atoms with Crippen molar-refractivity contribution in [2.45, 2.75) is 0 Å². The monoisotopic (exact) mass is 643 g/mol. The fraction of sp³-hybridized carbons (Fsp3) is 0. The number of anilines is 3. The Bertz CT molecular complexity index is 2830. The summed E-state index contributed by atoms with van der Waals surface area (Å²) in [6.07, 6.45) is 0. The molecule has 2 heterocycles. The van der Waals surface area contributed by atoms with E-state index in [9.17, 15) is 0 Å². The minimum absolute atomic E-state index is 0.890. The maximum Gasteiger partial charge on any atom is 0.135 e. The van der Waals surface area contributed by atoms with Crippen LogP contribution in [-0.4, -0.2) is 0 Å². The van der Waals surface area contributed by atoms with Crippen molar-refractivity contribution < 1.29 is 4.42 Å². The normalized spacial score (nSPS) is 11.7. The molecule has 0 bridgehead atoms. The zero-order valence-electron chi connectivity index (χ0n) is 26.5. The molecule has 0 saturated heterocycles. The summed E-state index contributed by atoms with van der Waals surface area (Å²) >= 11 is 1.88. The average Bonchev–Trinajstić information content (AvgIpc) is 3.74. The third-order valence-electron chi connectivity index (χ3n) is 9.65. The topological polar surface area (TPSA) is 16.4 Å². The number of para-hydroxylation sites is 1. The summed E-state index contributed by atoms with van der Waals surface area (Å²) in [5.41, 5.74) is 9.86. The molecule has 0 spiro atoms. The van der Waals surface area contributed by atoms with Crippen molar-refractivity contribution >= 4 is 81.3 Å². The Balaban J connectivity index is 1.22. The fourth-order valence-electron chi connectivity index (χ4n) is 7.33. The van der Waals surface area contributed by atoms with Gasteiger partial charge in [0, 0.05) is 48.0 Å². The first-order chi connectivity index (χ1) is 24.3. The van der Waals surface area contributed by atoms with Gasteiger partial charge in [-0.05, 0) is 81.6 Å². The second-order valence-electron chi connectivity index (χ2n) is 12.5. The van der Waals surface area contributed by atoms with Crippen LogP contribution in [0.1, 0.15) is 0 Å². The molecular weight excluding hydrogens is 615 g/mol. The third-order valence-corrected chi connectivity index (χ3v) is 10.9. The van der Waals surface area contributed by atoms with Gasteiger partial charge in [0.25, 0.3) is 0 Å². The smallest absolute Gasteiger partial charge is 0.135 e. The number of hydrogen-bond donors (Lipinski definition) is 0. The van der Waals surface area contributed by atoms with Crippen molar-refractivity contribution in [2.75, 3.05) is 4.90 Å². The van der Waals surface area contributed by atoms with E-state index < -0.39 is 0 Å². The molecule has 49 heavy (non-hydrogen) atoms. The molecule has 0 radical (unpaired) electrons. The van der Waals surface area contributed by atoms with Gasteiger partial charge in [0.1, 0.15) is 11.2 Å². The Morgan fingerprint density at radius 1 is 0.388 bits per heavy atom. The molecule has 0 saturated carbocycles. The Hall–Kier alpha value is -6.16. The lowest BCUT2D eigenvalue weighted by molar-refractivity contribution is 0.669. The molecular formula is C46H29NOS. The van der Waals surface area contributed by atoms with Gasteiger partial charge in [-0.2, -0.15) is 0 Å². The maximum absolute atomic E-state index is 6.25. The van der Waals surface area contributed by atoms with E-state index in [-0.39, 0.29) is 0 Å². The quantitative estimate of drug-likeness (QED) is 0.186. The predicted octanol–water partition coefficient (Wildman–Crippen LogP) is 13.9. The van der Waals surface area contributed by atoms with Crippen molar-refractivity contribution in [1.82, 2.24) is 0 Å². The zero-order chi connectivity index (χ0) is 32.3. The first-order valence-electron chi connectivity index (χ1n) is 16.6. The van der Waals surface area contributed by atoms with Crippen molar-refractivity contribution in [3.8, 4) is 22.3 Å². The molecule has 10 rings (SSSR count). The number of hydrogen-bond acceptors (Lipinski definition) is 3. The number of nitrogens with zero attached hydrogens (tertiary/aromatic N) is 1. The number of fused-ring (bicyclic) bond motifs is 8. The van der Waals surface area contributed by atoms with Gasteiger partial charge in [0.05, 0.1) is 0 Å². The molecule has 2 nitrogen and oxygen atoms in total. The van der Waals surface area contributed by atoms with Gasteiger partial charge in [-0.15, -0.1) is 11.3 Å². The largest absolute Gasteiger partial charge is 0.456 e. The van der Waals surface area contributed by atoms with E-state index in [4.69, 9.17) is 4.42 Å². The van der Waals surface area contributed by atoms with Crippen LogP contribution in [0.25, 0.3) is 75.1 Å². The van der Waals surface area contributed by atoms with E-state index in [2.05, 4.69) is 169 Å². The average molecular weight is 644 g/mol. The molecule has 3 heteroatoms. The summed E-state index contributed by atoms with van der Waals surface area (Å²) in [5, 5.41) is 7.40. The summed E-state index contributed by atoms with van der Waals surface area (Å²) in [5.74, 6) is 0. The minimum Gasteiger partial charge on any atom is -0.456 e. The van der Waals surface area contributed by atoms with Crippen LogP contribution in [0.15, 0.2) is 180 Å². The van der Waals surface area contributed by atoms with Gasteiger partial charge in [-0.3, -0.25) is 0 Å². The first kappa shape index (κ1) is 27.9. The van der Waals surface area contributed by atoms with Crippen LogP contribution < -0.4 is 4.90 Å². The van der Waals surface area contributed by atoms with Crippen LogP contribution in [0.4, 0.5) is 17.1 Å². The second-order valence-corrected chi connectivity index (χ2v) is 13.6. The number of rotatable bonds is 5. The molecule has 0 unspecified atom stereocenters. The first-order valence-corrected chi connectivity index (χ1v) is 17.4. The molecule has 0 aliphatic heterocycles. The third kappa shape index (κ3) is 4.62. The minimum atomic E-state index is 0.890. The number of thiophene rings is 1. The molecule has 8 aromatic carbocycles. The molecule has 0 aliphatic carbocycles. The van der Waals surface area contributed by atoms with Crippen molar-refractivity contribution in [1.29, 1.82) is 0 Å². The Morgan fingerprint density at radius 3 is 1.84 bits per heavy atom. The lowest BCUT2D eigenvalue weighted by atomic mass is 9.93. The van der Waals surface area contributed by atoms with Crippen LogP contribution in [0.3, 0.4) is 0 Å². The highest BCUT2D eigenvalue weighted by Crippen LogP contribution is 2.45. The summed E-state index contributed by atoms with van der Waals surface area (Å²) in [4.78, 5) is 2.39. The molecule has 0 aliphatic rings. The zero-order valence-corrected chi connectivity index (χ0v) is 27.3. The number of benzene rings is 8. The van der Waals surface area contributed by atoms with Gasteiger partial charge >= 0.3 is 0 Å². The molecule has 10 aromatic rings. The predicted molar refractivity (Wildman–Crippen MR) is 210 cm³/mol. The Kier molecular flexibility index (Phi) is 6.39. The van der Waals surface area contributed by atoms with E-state index in [1.807, 2.05) is 23.5 Å². The van der Waals surface area contributed by atoms with Crippen LogP contribution >= 0.6 is 11.3 Å². The van der Waals surface area contributed by atoms with Crippen LogP contribution in [0.2, 0.25) is 0 Å². The SMILES string of the molecule is c1ccc(-c2ccc(N(c3ccc4c(c3)sc3c5ccccc5ccc43)c3ccc4oc5ccccc5c4c3)cc2-c2ccccc2)cc1. The fourth-order valence-corrected chi connectivity index (χ4v) is 8.60. The van der Waals surface area contributed by atoms with Crippen LogP contribution in [0, 0.1) is 0 Å². The van der Waals surface area contributed by atoms with Gasteiger partial charge < -0.3 is 9.32 Å². The molecule has 0 amide bonds. The van der Waals surface area contributed by atoms with Gasteiger partial charge in [-0.25, -0.2) is 0 Å². The standard InChI is InChI=1S/C46H29NOS/c1-3-11-30(12-4-1)36-24-20-33(27-41(36)31-13-5-2-6-14-31)47(34-22-26-44-42(28-34)38-17-9-10-18-43(38)48-44)35-21-25-39-40-23-19-32-15-7-8-16-37(32)46(40)49-45(39)29-35/h1-29H. The van der Waals surface area contributed by atoms with Gasteiger partial charge in [0.2, 0.25) is 0 Å². The molecule has 2 aromatic heterocycles. The maximum atomic E-state index is 6.25. The van der Waals surface area contributed by atoms with Gasteiger partial charge in [-0.1, -0.05) is 127 Å². The van der Waals surface area contributed by atoms with Crippen molar-refractivity contribution in [3.05, 3.63) is 176 Å². The molecule has 230 valence electrons. The van der Waals surface area contributed by atoms with Crippen molar-refractivity contribution in [2.24, 2.45) is 0 Å². The summed E-state index contributed by atoms with van der Waals surface area (Å²) < 4.78 is 8.86. The highest BCUT2D eigenvalue weighted by Gasteiger charge is 2.19. The van der Waals surface area contributed by atoms with Crippen LogP contribution in [-0.2, 0) is 0 Å². The van der Waals surface area contributed by atoms with E-state index >= 15 is 0 Å². The second kappa shape index (κ2) is 11.2. The van der Waals surface area contributed by atoms with Gasteiger partial charge in [0.15, 0.2) is 0 Å². The summed E-state index contributed by atoms with van der Waals surface area (Å²) in [7, 11) is 0. The van der Waals surface area contributed by atoms with E-state index in [1.165, 1.54) is 53.2 Å². The summed E-state index contributed by atoms with van der Waals surface area (Å²) in [6, 6.07) is 63.3. The highest BCUT2D eigenvalue weighted by molar-refractivity contribution is 7.26. The summed E-state index contributed by atoms with van der Waals surface area (Å²) in [6.45, 7) is 0. The van der Waals surface area contributed by atoms with E-state index in [0.29, 0.717) is 0 Å². The van der Waals surface area contributed by atoms with E-state index in [0.717, 1.165) is 39.0 Å². The lowest BCUT2D eigenvalue weighted by Crippen LogP contribution is -2.10. The molecule has 0 fully saturated rings. The number of furan rings is 1.